The van der Waals surface area contributed by atoms with Gasteiger partial charge in [0.15, 0.2) is 0 Å². The monoisotopic (exact) mass is 362 g/mol. The highest BCUT2D eigenvalue weighted by atomic mass is 79.9. The van der Waals surface area contributed by atoms with Gasteiger partial charge >= 0.3 is 12.0 Å². The SMILES string of the molecule is CC1C(C(=O)O)CCN1C(=O)Nc1cc(Br)c(F)cc1F. The van der Waals surface area contributed by atoms with Crippen molar-refractivity contribution >= 4 is 33.6 Å². The summed E-state index contributed by atoms with van der Waals surface area (Å²) in [6.07, 6.45) is 0.347. The molecule has 8 heteroatoms. The highest BCUT2D eigenvalue weighted by molar-refractivity contribution is 9.10. The number of nitrogens with one attached hydrogen (secondary N) is 1. The molecular weight excluding hydrogens is 350 g/mol. The molecule has 0 radical (unpaired) electrons. The number of aliphatic carboxylic acids is 1. The van der Waals surface area contributed by atoms with Crippen LogP contribution in [0.5, 0.6) is 0 Å². The normalized spacial score (nSPS) is 21.4. The first-order chi connectivity index (χ1) is 9.81. The van der Waals surface area contributed by atoms with E-state index in [4.69, 9.17) is 5.11 Å². The number of benzene rings is 1. The number of nitrogens with zero attached hydrogens (tertiary/aromatic N) is 1. The number of anilines is 1. The van der Waals surface area contributed by atoms with Gasteiger partial charge in [-0.3, -0.25) is 4.79 Å². The molecule has 2 N–H and O–H groups in total. The zero-order valence-corrected chi connectivity index (χ0v) is 12.7. The van der Waals surface area contributed by atoms with Crippen LogP contribution in [0.4, 0.5) is 19.3 Å². The van der Waals surface area contributed by atoms with E-state index < -0.39 is 35.6 Å². The Balaban J connectivity index is 2.12. The standard InChI is InChI=1S/C13H13BrF2N2O3/c1-6-7(12(19)20)2-3-18(6)13(21)17-11-4-8(14)9(15)5-10(11)16/h4-7H,2-3H2,1H3,(H,17,21)(H,19,20). The van der Waals surface area contributed by atoms with Crippen LogP contribution >= 0.6 is 15.9 Å². The fraction of sp³-hybridized carbons (Fsp3) is 0.385. The lowest BCUT2D eigenvalue weighted by Gasteiger charge is -2.23. The fourth-order valence-electron chi connectivity index (χ4n) is 2.36. The molecule has 0 aromatic heterocycles. The van der Waals surface area contributed by atoms with E-state index in [9.17, 15) is 18.4 Å². The molecule has 1 saturated heterocycles. The van der Waals surface area contributed by atoms with Crippen molar-refractivity contribution < 1.29 is 23.5 Å². The van der Waals surface area contributed by atoms with Gasteiger partial charge in [0, 0.05) is 18.7 Å². The predicted molar refractivity (Wildman–Crippen MR) is 75.0 cm³/mol. The maximum atomic E-state index is 13.6. The van der Waals surface area contributed by atoms with Crippen molar-refractivity contribution in [1.82, 2.24) is 4.90 Å². The summed E-state index contributed by atoms with van der Waals surface area (Å²) in [5.41, 5.74) is -0.167. The molecule has 2 rings (SSSR count). The molecule has 2 unspecified atom stereocenters. The van der Waals surface area contributed by atoms with Crippen LogP contribution in [0.25, 0.3) is 0 Å². The van der Waals surface area contributed by atoms with Gasteiger partial charge in [0.05, 0.1) is 16.1 Å². The third kappa shape index (κ3) is 3.15. The summed E-state index contributed by atoms with van der Waals surface area (Å²) in [5.74, 6) is -3.27. The number of halogens is 3. The predicted octanol–water partition coefficient (Wildman–Crippen LogP) is 3.05. The number of urea groups is 1. The van der Waals surface area contributed by atoms with Crippen LogP contribution in [0.1, 0.15) is 13.3 Å². The first-order valence-electron chi connectivity index (χ1n) is 6.26. The van der Waals surface area contributed by atoms with Crippen molar-refractivity contribution in [2.24, 2.45) is 5.92 Å². The molecule has 2 atom stereocenters. The van der Waals surface area contributed by atoms with Crippen LogP contribution in [0.15, 0.2) is 16.6 Å². The van der Waals surface area contributed by atoms with Gasteiger partial charge in [0.25, 0.3) is 0 Å². The van der Waals surface area contributed by atoms with Crippen LogP contribution in [0.3, 0.4) is 0 Å². The molecule has 1 aromatic carbocycles. The van der Waals surface area contributed by atoms with E-state index in [1.165, 1.54) is 4.90 Å². The Morgan fingerprint density at radius 1 is 1.38 bits per heavy atom. The van der Waals surface area contributed by atoms with Crippen molar-refractivity contribution in [1.29, 1.82) is 0 Å². The minimum Gasteiger partial charge on any atom is -0.481 e. The molecule has 21 heavy (non-hydrogen) atoms. The summed E-state index contributed by atoms with van der Waals surface area (Å²) in [5, 5.41) is 11.4. The lowest BCUT2D eigenvalue weighted by Crippen LogP contribution is -2.40. The molecule has 0 bridgehead atoms. The Kier molecular flexibility index (Phi) is 4.46. The topological polar surface area (TPSA) is 69.6 Å². The Bertz CT molecular complexity index is 597. The Hall–Kier alpha value is -1.70. The maximum Gasteiger partial charge on any atom is 0.322 e. The molecule has 2 amide bonds. The molecule has 1 heterocycles. The molecule has 0 aliphatic carbocycles. The molecule has 114 valence electrons. The van der Waals surface area contributed by atoms with Gasteiger partial charge in [-0.1, -0.05) is 0 Å². The second-order valence-corrected chi connectivity index (χ2v) is 5.70. The summed E-state index contributed by atoms with van der Waals surface area (Å²) in [6, 6.07) is 0.684. The Morgan fingerprint density at radius 2 is 2.05 bits per heavy atom. The number of rotatable bonds is 2. The number of hydrogen-bond acceptors (Lipinski definition) is 2. The van der Waals surface area contributed by atoms with E-state index in [1.54, 1.807) is 6.92 Å². The second kappa shape index (κ2) is 5.97. The van der Waals surface area contributed by atoms with Crippen LogP contribution in [-0.2, 0) is 4.79 Å². The van der Waals surface area contributed by atoms with Crippen molar-refractivity contribution in [2.45, 2.75) is 19.4 Å². The van der Waals surface area contributed by atoms with Gasteiger partial charge in [0.2, 0.25) is 0 Å². The fourth-order valence-corrected chi connectivity index (χ4v) is 2.71. The van der Waals surface area contributed by atoms with Gasteiger partial charge in [-0.25, -0.2) is 13.6 Å². The van der Waals surface area contributed by atoms with Gasteiger partial charge in [-0.2, -0.15) is 0 Å². The molecule has 5 nitrogen and oxygen atoms in total. The summed E-state index contributed by atoms with van der Waals surface area (Å²) in [7, 11) is 0. The summed E-state index contributed by atoms with van der Waals surface area (Å²) in [4.78, 5) is 24.4. The number of carboxylic acids is 1. The Morgan fingerprint density at radius 3 is 2.62 bits per heavy atom. The van der Waals surface area contributed by atoms with Gasteiger partial charge in [-0.05, 0) is 35.3 Å². The highest BCUT2D eigenvalue weighted by Crippen LogP contribution is 2.27. The van der Waals surface area contributed by atoms with Gasteiger partial charge < -0.3 is 15.3 Å². The first-order valence-corrected chi connectivity index (χ1v) is 7.05. The number of hydrogen-bond donors (Lipinski definition) is 2. The van der Waals surface area contributed by atoms with E-state index >= 15 is 0 Å². The van der Waals surface area contributed by atoms with Crippen molar-refractivity contribution in [3.05, 3.63) is 28.2 Å². The lowest BCUT2D eigenvalue weighted by atomic mass is 10.0. The molecule has 1 fully saturated rings. The van der Waals surface area contributed by atoms with E-state index in [0.717, 1.165) is 6.07 Å². The molecule has 0 saturated carbocycles. The molecular formula is C13H13BrF2N2O3. The van der Waals surface area contributed by atoms with Crippen LogP contribution in [-0.4, -0.2) is 34.6 Å². The maximum absolute atomic E-state index is 13.6. The lowest BCUT2D eigenvalue weighted by molar-refractivity contribution is -0.142. The third-order valence-electron chi connectivity index (χ3n) is 3.58. The minimum absolute atomic E-state index is 0.0251. The summed E-state index contributed by atoms with van der Waals surface area (Å²) >= 11 is 2.91. The Labute approximate surface area is 128 Å². The molecule has 1 aliphatic heterocycles. The summed E-state index contributed by atoms with van der Waals surface area (Å²) in [6.45, 7) is 1.90. The summed E-state index contributed by atoms with van der Waals surface area (Å²) < 4.78 is 26.7. The van der Waals surface area contributed by atoms with E-state index in [2.05, 4.69) is 21.2 Å². The van der Waals surface area contributed by atoms with E-state index in [0.29, 0.717) is 12.5 Å². The molecule has 0 spiro atoms. The smallest absolute Gasteiger partial charge is 0.322 e. The molecule has 1 aliphatic rings. The first kappa shape index (κ1) is 15.7. The van der Waals surface area contributed by atoms with Crippen LogP contribution in [0.2, 0.25) is 0 Å². The number of carboxylic acid groups (broad SMARTS) is 1. The third-order valence-corrected chi connectivity index (χ3v) is 4.19. The van der Waals surface area contributed by atoms with E-state index in [1.807, 2.05) is 0 Å². The van der Waals surface area contributed by atoms with Crippen LogP contribution < -0.4 is 5.32 Å². The van der Waals surface area contributed by atoms with E-state index in [-0.39, 0.29) is 16.7 Å². The van der Waals surface area contributed by atoms with Gasteiger partial charge in [-0.15, -0.1) is 0 Å². The molecule has 1 aromatic rings. The van der Waals surface area contributed by atoms with Crippen LogP contribution in [0, 0.1) is 17.6 Å². The largest absolute Gasteiger partial charge is 0.481 e. The second-order valence-electron chi connectivity index (χ2n) is 4.84. The average Bonchev–Trinajstić information content (AvgIpc) is 2.78. The number of carbonyl (C=O) groups is 2. The zero-order valence-electron chi connectivity index (χ0n) is 11.1. The average molecular weight is 363 g/mol. The number of amides is 2. The highest BCUT2D eigenvalue weighted by Gasteiger charge is 2.38. The zero-order chi connectivity index (χ0) is 15.7. The minimum atomic E-state index is -0.964. The van der Waals surface area contributed by atoms with Crippen molar-refractivity contribution in [3.63, 3.8) is 0 Å². The van der Waals surface area contributed by atoms with Crippen molar-refractivity contribution in [3.8, 4) is 0 Å². The number of likely N-dealkylation sites (tertiary alicyclic amines) is 1. The van der Waals surface area contributed by atoms with Gasteiger partial charge in [0.1, 0.15) is 11.6 Å². The quantitative estimate of drug-likeness (QED) is 0.794. The number of carbonyl (C=O) groups excluding carboxylic acids is 1. The van der Waals surface area contributed by atoms with Crippen molar-refractivity contribution in [2.75, 3.05) is 11.9 Å².